The average molecular weight is 236 g/mol. The zero-order chi connectivity index (χ0) is 12.3. The zero-order valence-corrected chi connectivity index (χ0v) is 9.80. The summed E-state index contributed by atoms with van der Waals surface area (Å²) in [5.41, 5.74) is 0.323. The Bertz CT molecular complexity index is 408. The summed E-state index contributed by atoms with van der Waals surface area (Å²) in [5, 5.41) is 9.42. The van der Waals surface area contributed by atoms with Crippen LogP contribution in [0.1, 0.15) is 23.8 Å². The fraction of sp³-hybridized carbons (Fsp3) is 0.500. The number of rotatable bonds is 3. The van der Waals surface area contributed by atoms with Gasteiger partial charge in [-0.05, 0) is 25.5 Å². The van der Waals surface area contributed by atoms with Gasteiger partial charge in [0.25, 0.3) is 5.91 Å². The highest BCUT2D eigenvalue weighted by molar-refractivity contribution is 5.95. The molecule has 2 heterocycles. The first kappa shape index (κ1) is 11.9. The monoisotopic (exact) mass is 236 g/mol. The van der Waals surface area contributed by atoms with Crippen molar-refractivity contribution in [2.45, 2.75) is 19.4 Å². The number of hydrogen-bond donors (Lipinski definition) is 1. The normalized spacial score (nSPS) is 19.4. The lowest BCUT2D eigenvalue weighted by Crippen LogP contribution is -2.30. The van der Waals surface area contributed by atoms with E-state index in [1.807, 2.05) is 6.92 Å². The van der Waals surface area contributed by atoms with Gasteiger partial charge in [0.15, 0.2) is 11.4 Å². The molecule has 1 fully saturated rings. The molecule has 0 spiro atoms. The van der Waals surface area contributed by atoms with Crippen molar-refractivity contribution >= 4 is 5.91 Å². The van der Waals surface area contributed by atoms with Gasteiger partial charge in [-0.2, -0.15) is 0 Å². The van der Waals surface area contributed by atoms with Gasteiger partial charge in [-0.25, -0.2) is 4.98 Å². The molecule has 92 valence electrons. The summed E-state index contributed by atoms with van der Waals surface area (Å²) < 4.78 is 5.37. The van der Waals surface area contributed by atoms with Crippen LogP contribution in [0, 0.1) is 0 Å². The predicted molar refractivity (Wildman–Crippen MR) is 61.9 cm³/mol. The predicted octanol–water partition coefficient (Wildman–Crippen LogP) is 0.687. The number of aliphatic hydroxyl groups excluding tert-OH is 1. The van der Waals surface area contributed by atoms with Gasteiger partial charge in [0.05, 0.1) is 12.7 Å². The largest absolute Gasteiger partial charge is 0.491 e. The molecule has 5 heteroatoms. The topological polar surface area (TPSA) is 62.7 Å². The first-order valence-electron chi connectivity index (χ1n) is 5.77. The quantitative estimate of drug-likeness (QED) is 0.838. The summed E-state index contributed by atoms with van der Waals surface area (Å²) in [6.45, 7) is 3.30. The zero-order valence-electron chi connectivity index (χ0n) is 9.80. The van der Waals surface area contributed by atoms with Crippen LogP contribution >= 0.6 is 0 Å². The van der Waals surface area contributed by atoms with Crippen molar-refractivity contribution in [1.29, 1.82) is 0 Å². The van der Waals surface area contributed by atoms with Gasteiger partial charge in [-0.3, -0.25) is 4.79 Å². The molecule has 1 atom stereocenters. The third-order valence-corrected chi connectivity index (χ3v) is 2.72. The van der Waals surface area contributed by atoms with Gasteiger partial charge in [0.2, 0.25) is 0 Å². The number of amides is 1. The molecule has 2 rings (SSSR count). The Hall–Kier alpha value is -1.62. The van der Waals surface area contributed by atoms with Crippen LogP contribution in [-0.4, -0.2) is 46.7 Å². The minimum absolute atomic E-state index is 0.175. The maximum atomic E-state index is 12.2. The third-order valence-electron chi connectivity index (χ3n) is 2.72. The molecule has 1 aliphatic rings. The Morgan fingerprint density at radius 1 is 1.71 bits per heavy atom. The van der Waals surface area contributed by atoms with Crippen LogP contribution in [0.3, 0.4) is 0 Å². The lowest BCUT2D eigenvalue weighted by molar-refractivity contribution is 0.0754. The number of aliphatic hydroxyl groups is 1. The summed E-state index contributed by atoms with van der Waals surface area (Å²) >= 11 is 0. The second-order valence-electron chi connectivity index (χ2n) is 3.98. The first-order valence-corrected chi connectivity index (χ1v) is 5.77. The number of hydrogen-bond acceptors (Lipinski definition) is 4. The summed E-state index contributed by atoms with van der Waals surface area (Å²) in [4.78, 5) is 17.8. The van der Waals surface area contributed by atoms with Crippen LogP contribution in [0.15, 0.2) is 18.3 Å². The van der Waals surface area contributed by atoms with E-state index in [0.717, 1.165) is 0 Å². The van der Waals surface area contributed by atoms with E-state index >= 15 is 0 Å². The van der Waals surface area contributed by atoms with Crippen LogP contribution in [0.4, 0.5) is 0 Å². The molecule has 1 aromatic rings. The number of aromatic nitrogens is 1. The van der Waals surface area contributed by atoms with Crippen molar-refractivity contribution in [3.63, 3.8) is 0 Å². The Labute approximate surface area is 100 Å². The molecule has 0 saturated carbocycles. The molecule has 1 aliphatic heterocycles. The number of pyridine rings is 1. The molecule has 1 saturated heterocycles. The lowest BCUT2D eigenvalue weighted by atomic mass is 10.3. The number of nitrogens with zero attached hydrogens (tertiary/aromatic N) is 2. The second-order valence-corrected chi connectivity index (χ2v) is 3.98. The van der Waals surface area contributed by atoms with Gasteiger partial charge in [-0.1, -0.05) is 0 Å². The molecule has 0 bridgehead atoms. The van der Waals surface area contributed by atoms with E-state index in [-0.39, 0.29) is 5.91 Å². The third kappa shape index (κ3) is 2.55. The van der Waals surface area contributed by atoms with Crippen molar-refractivity contribution in [1.82, 2.24) is 9.88 Å². The maximum absolute atomic E-state index is 12.2. The van der Waals surface area contributed by atoms with E-state index in [2.05, 4.69) is 4.98 Å². The molecule has 1 amide bonds. The van der Waals surface area contributed by atoms with Crippen LogP contribution < -0.4 is 4.74 Å². The Balaban J connectivity index is 2.18. The molecule has 1 aromatic heterocycles. The second kappa shape index (κ2) is 5.14. The van der Waals surface area contributed by atoms with E-state index < -0.39 is 6.10 Å². The van der Waals surface area contributed by atoms with E-state index in [1.165, 1.54) is 0 Å². The van der Waals surface area contributed by atoms with Crippen molar-refractivity contribution < 1.29 is 14.6 Å². The van der Waals surface area contributed by atoms with Crippen LogP contribution in [0.5, 0.6) is 5.75 Å². The Kier molecular flexibility index (Phi) is 3.58. The highest BCUT2D eigenvalue weighted by Gasteiger charge is 2.27. The summed E-state index contributed by atoms with van der Waals surface area (Å²) in [5.74, 6) is 0.326. The van der Waals surface area contributed by atoms with E-state index in [0.29, 0.717) is 37.6 Å². The number of ether oxygens (including phenoxy) is 1. The fourth-order valence-corrected chi connectivity index (χ4v) is 1.90. The Morgan fingerprint density at radius 3 is 3.18 bits per heavy atom. The van der Waals surface area contributed by atoms with Crippen molar-refractivity contribution in [2.24, 2.45) is 0 Å². The molecular weight excluding hydrogens is 220 g/mol. The molecule has 0 aromatic carbocycles. The van der Waals surface area contributed by atoms with Crippen molar-refractivity contribution in [3.05, 3.63) is 24.0 Å². The standard InChI is InChI=1S/C12H16N2O3/c1-2-17-10-4-3-6-13-11(10)12(16)14-7-5-9(15)8-14/h3-4,6,9,15H,2,5,7-8H2,1H3/t9-/m1/s1. The van der Waals surface area contributed by atoms with Gasteiger partial charge >= 0.3 is 0 Å². The fourth-order valence-electron chi connectivity index (χ4n) is 1.90. The number of carbonyl (C=O) groups is 1. The lowest BCUT2D eigenvalue weighted by Gasteiger charge is -2.16. The highest BCUT2D eigenvalue weighted by Crippen LogP contribution is 2.20. The number of carbonyl (C=O) groups excluding carboxylic acids is 1. The highest BCUT2D eigenvalue weighted by atomic mass is 16.5. The number of likely N-dealkylation sites (tertiary alicyclic amines) is 1. The molecule has 1 N–H and O–H groups in total. The first-order chi connectivity index (χ1) is 8.22. The van der Waals surface area contributed by atoms with Crippen molar-refractivity contribution in [3.8, 4) is 5.75 Å². The van der Waals surface area contributed by atoms with Crippen LogP contribution in [0.2, 0.25) is 0 Å². The summed E-state index contributed by atoms with van der Waals surface area (Å²) in [6.07, 6.45) is 1.78. The summed E-state index contributed by atoms with van der Waals surface area (Å²) in [7, 11) is 0. The van der Waals surface area contributed by atoms with Crippen molar-refractivity contribution in [2.75, 3.05) is 19.7 Å². The Morgan fingerprint density at radius 2 is 2.53 bits per heavy atom. The van der Waals surface area contributed by atoms with Gasteiger partial charge in [-0.15, -0.1) is 0 Å². The maximum Gasteiger partial charge on any atom is 0.276 e. The average Bonchev–Trinajstić information content (AvgIpc) is 2.76. The molecule has 0 aliphatic carbocycles. The molecule has 5 nitrogen and oxygen atoms in total. The van der Waals surface area contributed by atoms with Gasteiger partial charge < -0.3 is 14.7 Å². The van der Waals surface area contributed by atoms with Gasteiger partial charge in [0.1, 0.15) is 0 Å². The smallest absolute Gasteiger partial charge is 0.276 e. The molecule has 0 radical (unpaired) electrons. The SMILES string of the molecule is CCOc1cccnc1C(=O)N1CC[C@@H](O)C1. The number of β-amino-alcohol motifs (C(OH)–C–C–N with tert-alkyl or cyclic N) is 1. The van der Waals surface area contributed by atoms with E-state index in [9.17, 15) is 9.90 Å². The molecule has 0 unspecified atom stereocenters. The minimum atomic E-state index is -0.418. The molecular formula is C12H16N2O3. The van der Waals surface area contributed by atoms with Crippen LogP contribution in [-0.2, 0) is 0 Å². The van der Waals surface area contributed by atoms with E-state index in [4.69, 9.17) is 4.74 Å². The molecule has 17 heavy (non-hydrogen) atoms. The van der Waals surface area contributed by atoms with Gasteiger partial charge in [0, 0.05) is 19.3 Å². The van der Waals surface area contributed by atoms with E-state index in [1.54, 1.807) is 23.2 Å². The summed E-state index contributed by atoms with van der Waals surface area (Å²) in [6, 6.07) is 3.47. The van der Waals surface area contributed by atoms with Crippen LogP contribution in [0.25, 0.3) is 0 Å². The minimum Gasteiger partial charge on any atom is -0.491 e.